The molecule has 0 spiro atoms. The van der Waals surface area contributed by atoms with E-state index in [0.717, 1.165) is 0 Å². The maximum absolute atomic E-state index is 11.0. The Morgan fingerprint density at radius 3 is 1.56 bits per heavy atom. The summed E-state index contributed by atoms with van der Waals surface area (Å²) in [5, 5.41) is 0. The van der Waals surface area contributed by atoms with E-state index in [-0.39, 0.29) is 141 Å². The number of carbonyl (C=O) groups is 4. The van der Waals surface area contributed by atoms with Crippen LogP contribution in [0.15, 0.2) is 0 Å². The van der Waals surface area contributed by atoms with E-state index in [1.54, 1.807) is 0 Å². The molecule has 0 fully saturated rings. The normalized spacial score (nSPS) is 8.06. The van der Waals surface area contributed by atoms with Crippen molar-refractivity contribution in [2.75, 3.05) is 0 Å². The molecule has 0 aromatic rings. The zero-order valence-electron chi connectivity index (χ0n) is 10.6. The van der Waals surface area contributed by atoms with Gasteiger partial charge in [-0.15, -0.1) is 0 Å². The summed E-state index contributed by atoms with van der Waals surface area (Å²) < 4.78 is 0. The van der Waals surface area contributed by atoms with Crippen molar-refractivity contribution < 1.29 is 117 Å². The van der Waals surface area contributed by atoms with Crippen LogP contribution in [0.2, 0.25) is 0 Å². The molecule has 3 radical (unpaired) electrons. The van der Waals surface area contributed by atoms with E-state index in [9.17, 15) is 19.2 Å². The Bertz CT molecular complexity index is 262. The van der Waals surface area contributed by atoms with Gasteiger partial charge in [0.15, 0.2) is 0 Å². The molecule has 0 aliphatic rings. The summed E-state index contributed by atoms with van der Waals surface area (Å²) in [6.45, 7) is 4.44. The van der Waals surface area contributed by atoms with Crippen molar-refractivity contribution in [1.29, 1.82) is 0 Å². The molecule has 4 nitrogen and oxygen atoms in total. The molecule has 0 saturated heterocycles. The molecule has 0 aromatic carbocycles. The van der Waals surface area contributed by atoms with Crippen LogP contribution < -0.4 is 0 Å². The number of carbonyl (C=O) groups excluding carboxylic acids is 4. The largest absolute Gasteiger partial charge is 0.339 e. The number of ketones is 4. The van der Waals surface area contributed by atoms with Gasteiger partial charge >= 0.3 is 0 Å². The van der Waals surface area contributed by atoms with E-state index in [1.807, 2.05) is 0 Å². The minimum absolute atomic E-state index is 0. The third kappa shape index (κ3) is 20.2. The second-order valence-corrected chi connectivity index (χ2v) is 3.53. The molecular formula is C11H15O4Y3-. The van der Waals surface area contributed by atoms with Crippen LogP contribution in [0.5, 0.6) is 0 Å². The summed E-state index contributed by atoms with van der Waals surface area (Å²) in [4.78, 5) is 43.1. The van der Waals surface area contributed by atoms with E-state index in [0.29, 0.717) is 6.42 Å². The van der Waals surface area contributed by atoms with Gasteiger partial charge in [-0.05, 0) is 13.3 Å². The Morgan fingerprint density at radius 1 is 0.833 bits per heavy atom. The number of Topliss-reactive ketones (excluding diaryl/α,β-unsaturated/α-hetero) is 4. The van der Waals surface area contributed by atoms with E-state index in [4.69, 9.17) is 0 Å². The van der Waals surface area contributed by atoms with Crippen LogP contribution >= 0.6 is 0 Å². The van der Waals surface area contributed by atoms with Gasteiger partial charge in [0.25, 0.3) is 0 Å². The molecular weight excluding hydrogens is 463 g/mol. The van der Waals surface area contributed by atoms with Gasteiger partial charge in [0.05, 0.1) is 6.42 Å². The zero-order valence-corrected chi connectivity index (χ0v) is 19.1. The number of hydrogen-bond acceptors (Lipinski definition) is 4. The topological polar surface area (TPSA) is 68.3 Å². The smallest absolute Gasteiger partial charge is 0.140 e. The van der Waals surface area contributed by atoms with Gasteiger partial charge in [0.1, 0.15) is 17.3 Å². The standard InChI is InChI=1S/C11H15O4.3Y/c1-8(12)6-10(14)4-3-5-11(15)7-9(2)13;;;/h1,3-7H2,2H3;;;/q-1;;;. The fourth-order valence-corrected chi connectivity index (χ4v) is 1.16. The zero-order chi connectivity index (χ0) is 11.8. The molecule has 0 N–H and O–H groups in total. The quantitative estimate of drug-likeness (QED) is 0.387. The Labute approximate surface area is 183 Å². The van der Waals surface area contributed by atoms with Crippen molar-refractivity contribution in [3.8, 4) is 0 Å². The maximum Gasteiger partial charge on any atom is 0.140 e. The number of hydrogen-bond donors (Lipinski definition) is 0. The Hall–Kier alpha value is 1.86. The molecule has 0 aliphatic carbocycles. The third-order valence-corrected chi connectivity index (χ3v) is 1.75. The molecule has 93 valence electrons. The fourth-order valence-electron chi connectivity index (χ4n) is 1.16. The predicted octanol–water partition coefficient (Wildman–Crippen LogP) is 1.06. The molecule has 0 saturated carbocycles. The molecule has 0 bridgehead atoms. The summed E-state index contributed by atoms with van der Waals surface area (Å²) in [6, 6.07) is 0. The van der Waals surface area contributed by atoms with Crippen molar-refractivity contribution in [2.24, 2.45) is 0 Å². The van der Waals surface area contributed by atoms with E-state index >= 15 is 0 Å². The first-order valence-corrected chi connectivity index (χ1v) is 4.79. The second kappa shape index (κ2) is 16.9. The van der Waals surface area contributed by atoms with Gasteiger partial charge in [0.2, 0.25) is 0 Å². The molecule has 0 aromatic heterocycles. The molecule has 0 heterocycles. The van der Waals surface area contributed by atoms with Gasteiger partial charge in [0, 0.05) is 123 Å². The SMILES string of the molecule is [CH2-]C(=O)CC(=O)CCCC(=O)CC(C)=O.[Y].[Y].[Y]. The van der Waals surface area contributed by atoms with Gasteiger partial charge in [-0.25, -0.2) is 0 Å². The molecule has 0 amide bonds. The van der Waals surface area contributed by atoms with Crippen LogP contribution in [-0.2, 0) is 117 Å². The fraction of sp³-hybridized carbons (Fsp3) is 0.545. The van der Waals surface area contributed by atoms with E-state index < -0.39 is 5.78 Å². The third-order valence-electron chi connectivity index (χ3n) is 1.75. The Morgan fingerprint density at radius 2 is 1.22 bits per heavy atom. The number of rotatable bonds is 8. The molecule has 0 atom stereocenters. The summed E-state index contributed by atoms with van der Waals surface area (Å²) in [7, 11) is 0. The van der Waals surface area contributed by atoms with Crippen LogP contribution in [0.3, 0.4) is 0 Å². The van der Waals surface area contributed by atoms with Gasteiger partial charge in [-0.2, -0.15) is 0 Å². The van der Waals surface area contributed by atoms with Gasteiger partial charge in [-0.3, -0.25) is 14.4 Å². The van der Waals surface area contributed by atoms with Crippen molar-refractivity contribution >= 4 is 23.1 Å². The van der Waals surface area contributed by atoms with E-state index in [1.165, 1.54) is 6.92 Å². The van der Waals surface area contributed by atoms with Crippen molar-refractivity contribution in [2.45, 2.75) is 39.0 Å². The average molecular weight is 478 g/mol. The molecule has 0 aliphatic heterocycles. The van der Waals surface area contributed by atoms with Crippen LogP contribution in [0.1, 0.15) is 39.0 Å². The van der Waals surface area contributed by atoms with Crippen LogP contribution in [0, 0.1) is 6.92 Å². The molecule has 7 heteroatoms. The van der Waals surface area contributed by atoms with Crippen molar-refractivity contribution in [1.82, 2.24) is 0 Å². The molecule has 0 rings (SSSR count). The van der Waals surface area contributed by atoms with Crippen molar-refractivity contribution in [3.05, 3.63) is 6.92 Å². The summed E-state index contributed by atoms with van der Waals surface area (Å²) >= 11 is 0. The second-order valence-electron chi connectivity index (χ2n) is 3.53. The monoisotopic (exact) mass is 478 g/mol. The summed E-state index contributed by atoms with van der Waals surface area (Å²) in [5.74, 6) is -0.934. The van der Waals surface area contributed by atoms with Crippen LogP contribution in [-0.4, -0.2) is 23.1 Å². The van der Waals surface area contributed by atoms with E-state index in [2.05, 4.69) is 6.92 Å². The maximum atomic E-state index is 11.0. The van der Waals surface area contributed by atoms with Gasteiger partial charge < -0.3 is 11.7 Å². The molecule has 18 heavy (non-hydrogen) atoms. The first kappa shape index (κ1) is 28.1. The summed E-state index contributed by atoms with van der Waals surface area (Å²) in [6.07, 6.45) is 0.586. The predicted molar refractivity (Wildman–Crippen MR) is 54.1 cm³/mol. The first-order valence-electron chi connectivity index (χ1n) is 4.79. The Balaban J connectivity index is -0.000000327. The van der Waals surface area contributed by atoms with Crippen LogP contribution in [0.25, 0.3) is 0 Å². The minimum atomic E-state index is -0.407. The molecule has 0 unspecified atom stereocenters. The minimum Gasteiger partial charge on any atom is -0.339 e. The van der Waals surface area contributed by atoms with Crippen molar-refractivity contribution in [3.63, 3.8) is 0 Å². The van der Waals surface area contributed by atoms with Crippen LogP contribution in [0.4, 0.5) is 0 Å². The Kier molecular flexibility index (Phi) is 26.4. The first-order chi connectivity index (χ1) is 6.91. The average Bonchev–Trinajstić information content (AvgIpc) is 2.00. The summed E-state index contributed by atoms with van der Waals surface area (Å²) in [5.41, 5.74) is 0. The van der Waals surface area contributed by atoms with Gasteiger partial charge in [-0.1, -0.05) is 0 Å².